The summed E-state index contributed by atoms with van der Waals surface area (Å²) >= 11 is 6.91. The molecule has 0 heterocycles. The van der Waals surface area contributed by atoms with Crippen LogP contribution in [0, 0.1) is 40.6 Å². The summed E-state index contributed by atoms with van der Waals surface area (Å²) < 4.78 is 0. The Morgan fingerprint density at radius 1 is 0.590 bits per heavy atom. The van der Waals surface area contributed by atoms with E-state index < -0.39 is 0 Å². The summed E-state index contributed by atoms with van der Waals surface area (Å²) in [5.74, 6) is 0.440. The average molecular weight is 668 g/mol. The van der Waals surface area contributed by atoms with Crippen molar-refractivity contribution in [1.82, 2.24) is 0 Å². The van der Waals surface area contributed by atoms with Crippen molar-refractivity contribution < 1.29 is 0 Å². The molecule has 0 saturated heterocycles. The van der Waals surface area contributed by atoms with E-state index in [4.69, 9.17) is 17.1 Å². The van der Waals surface area contributed by atoms with E-state index in [1.807, 2.05) is 0 Å². The zero-order valence-corrected chi connectivity index (χ0v) is 28.1. The number of alkyl halides is 2. The molecule has 3 saturated carbocycles. The van der Waals surface area contributed by atoms with Gasteiger partial charge in [0.2, 0.25) is 5.54 Å². The first-order valence-corrected chi connectivity index (χ1v) is 18.6. The molecule has 0 N–H and O–H groups in total. The number of hydrogen-bond donors (Lipinski definition) is 0. The van der Waals surface area contributed by atoms with Crippen LogP contribution in [-0.2, 0) is 0 Å². The molecule has 0 aromatic heterocycles. The molecule has 0 unspecified atom stereocenters. The van der Waals surface area contributed by atoms with E-state index in [0.717, 1.165) is 51.4 Å². The molecular weight excluding hydrogens is 610 g/mol. The zero-order valence-electron chi connectivity index (χ0n) is 25.0. The van der Waals surface area contributed by atoms with Gasteiger partial charge in [-0.05, 0) is 51.4 Å². The van der Waals surface area contributed by atoms with Crippen LogP contribution < -0.4 is 0 Å². The molecule has 3 rings (SSSR count). The highest BCUT2D eigenvalue weighted by atomic mass is 79.9. The van der Waals surface area contributed by atoms with Gasteiger partial charge in [-0.25, -0.2) is 6.57 Å². The quantitative estimate of drug-likeness (QED) is 0.0655. The second kappa shape index (κ2) is 24.1. The largest absolute Gasteiger partial charge is 0.310 e. The molecule has 3 fully saturated rings. The van der Waals surface area contributed by atoms with Crippen LogP contribution in [-0.4, -0.2) is 16.2 Å². The molecule has 5 heteroatoms. The predicted octanol–water partition coefficient (Wildman–Crippen LogP) is 12.2. The Hall–Kier alpha value is -0.570. The standard InChI is InChI=1S/C19H30N2.C11H22Br2.C4H5N/c1-21-19(15-16-19)12-10-8-6-4-2-3-5-7-9-11-18(17-20)13-14-18;12-10-8-6-4-2-1-3-5-7-9-11-13;5-3-4-1-2-4/h2-16H2;1-11H2;4H,1-2H2. The minimum absolute atomic E-state index is 0.0995. The van der Waals surface area contributed by atoms with Gasteiger partial charge in [0.05, 0.1) is 17.6 Å². The van der Waals surface area contributed by atoms with Crippen LogP contribution in [0.3, 0.4) is 0 Å². The molecule has 0 aliphatic heterocycles. The van der Waals surface area contributed by atoms with Gasteiger partial charge in [0.1, 0.15) is 0 Å². The Morgan fingerprint density at radius 2 is 0.974 bits per heavy atom. The van der Waals surface area contributed by atoms with Crippen molar-refractivity contribution >= 4 is 31.9 Å². The summed E-state index contributed by atoms with van der Waals surface area (Å²) in [7, 11) is 0. The lowest BCUT2D eigenvalue weighted by molar-refractivity contribution is 0.504. The van der Waals surface area contributed by atoms with Gasteiger partial charge in [-0.3, -0.25) is 0 Å². The molecule has 3 aliphatic carbocycles. The maximum absolute atomic E-state index is 9.00. The number of hydrogen-bond acceptors (Lipinski definition) is 2. The molecule has 0 radical (unpaired) electrons. The maximum Gasteiger partial charge on any atom is 0.233 e. The van der Waals surface area contributed by atoms with Gasteiger partial charge in [-0.15, -0.1) is 0 Å². The molecule has 39 heavy (non-hydrogen) atoms. The molecule has 222 valence electrons. The Bertz CT molecular complexity index is 657. The molecular formula is C34H57Br2N3. The van der Waals surface area contributed by atoms with Gasteiger partial charge < -0.3 is 4.85 Å². The molecule has 3 aliphatic rings. The first kappa shape index (κ1) is 36.5. The fourth-order valence-electron chi connectivity index (χ4n) is 4.92. The summed E-state index contributed by atoms with van der Waals surface area (Å²) in [4.78, 5) is 3.76. The van der Waals surface area contributed by atoms with Crippen LogP contribution in [0.4, 0.5) is 0 Å². The third kappa shape index (κ3) is 21.8. The van der Waals surface area contributed by atoms with Gasteiger partial charge in [0.25, 0.3) is 0 Å². The average Bonchev–Trinajstić information content (AvgIpc) is 3.84. The Labute approximate surface area is 259 Å². The van der Waals surface area contributed by atoms with Crippen LogP contribution in [0.5, 0.6) is 0 Å². The van der Waals surface area contributed by atoms with Crippen LogP contribution in [0.1, 0.15) is 167 Å². The summed E-state index contributed by atoms with van der Waals surface area (Å²) in [5.41, 5.74) is 0.215. The Balaban J connectivity index is 0.000000357. The third-order valence-corrected chi connectivity index (χ3v) is 9.60. The lowest BCUT2D eigenvalue weighted by Crippen LogP contribution is -2.00. The van der Waals surface area contributed by atoms with Gasteiger partial charge in [0.15, 0.2) is 0 Å². The van der Waals surface area contributed by atoms with Crippen LogP contribution >= 0.6 is 31.9 Å². The Kier molecular flexibility index (Phi) is 22.5. The highest BCUT2D eigenvalue weighted by molar-refractivity contribution is 9.09. The summed E-state index contributed by atoms with van der Waals surface area (Å²) in [6, 6.07) is 4.62. The van der Waals surface area contributed by atoms with E-state index in [1.165, 1.54) is 126 Å². The highest BCUT2D eigenvalue weighted by Gasteiger charge is 2.49. The van der Waals surface area contributed by atoms with E-state index in [9.17, 15) is 0 Å². The monoisotopic (exact) mass is 665 g/mol. The summed E-state index contributed by atoms with van der Waals surface area (Å²) in [5, 5.41) is 19.3. The van der Waals surface area contributed by atoms with Gasteiger partial charge >= 0.3 is 0 Å². The van der Waals surface area contributed by atoms with Crippen molar-refractivity contribution in [3.05, 3.63) is 11.4 Å². The van der Waals surface area contributed by atoms with Gasteiger partial charge in [0, 0.05) is 35.8 Å². The highest BCUT2D eigenvalue weighted by Crippen LogP contribution is 2.49. The van der Waals surface area contributed by atoms with Crippen molar-refractivity contribution in [3.63, 3.8) is 0 Å². The van der Waals surface area contributed by atoms with E-state index in [0.29, 0.717) is 5.92 Å². The molecule has 0 aromatic carbocycles. The Morgan fingerprint density at radius 3 is 1.23 bits per heavy atom. The first-order valence-electron chi connectivity index (χ1n) is 16.4. The molecule has 0 aromatic rings. The minimum atomic E-state index is 0.0995. The van der Waals surface area contributed by atoms with Crippen molar-refractivity contribution in [2.24, 2.45) is 11.3 Å². The van der Waals surface area contributed by atoms with Gasteiger partial charge in [-0.2, -0.15) is 10.5 Å². The molecule has 0 bridgehead atoms. The lowest BCUT2D eigenvalue weighted by atomic mass is 9.99. The smallest absolute Gasteiger partial charge is 0.233 e. The normalized spacial score (nSPS) is 17.3. The van der Waals surface area contributed by atoms with Crippen molar-refractivity contribution in [2.45, 2.75) is 172 Å². The van der Waals surface area contributed by atoms with Gasteiger partial charge in [-0.1, -0.05) is 128 Å². The molecule has 3 nitrogen and oxygen atoms in total. The lowest BCUT2D eigenvalue weighted by Gasteiger charge is -2.05. The van der Waals surface area contributed by atoms with Crippen LogP contribution in [0.25, 0.3) is 4.85 Å². The summed E-state index contributed by atoms with van der Waals surface area (Å²) in [6.07, 6.45) is 33.9. The van der Waals surface area contributed by atoms with Crippen LogP contribution in [0.15, 0.2) is 0 Å². The maximum atomic E-state index is 9.00. The number of halogens is 2. The summed E-state index contributed by atoms with van der Waals surface area (Å²) in [6.45, 7) is 7.16. The van der Waals surface area contributed by atoms with Crippen molar-refractivity contribution in [3.8, 4) is 12.1 Å². The second-order valence-corrected chi connectivity index (χ2v) is 14.0. The predicted molar refractivity (Wildman–Crippen MR) is 174 cm³/mol. The van der Waals surface area contributed by atoms with Crippen molar-refractivity contribution in [1.29, 1.82) is 10.5 Å². The topological polar surface area (TPSA) is 51.9 Å². The number of nitriles is 2. The first-order chi connectivity index (χ1) is 19.1. The van der Waals surface area contributed by atoms with E-state index in [2.05, 4.69) is 48.8 Å². The number of unbranched alkanes of at least 4 members (excludes halogenated alkanes) is 16. The fraction of sp³-hybridized carbons (Fsp3) is 0.912. The van der Waals surface area contributed by atoms with E-state index >= 15 is 0 Å². The number of nitrogens with zero attached hydrogens (tertiary/aromatic N) is 3. The second-order valence-electron chi connectivity index (χ2n) is 12.4. The van der Waals surface area contributed by atoms with E-state index in [1.54, 1.807) is 0 Å². The fourth-order valence-corrected chi connectivity index (χ4v) is 5.72. The minimum Gasteiger partial charge on any atom is -0.310 e. The molecule has 0 spiro atoms. The van der Waals surface area contributed by atoms with E-state index in [-0.39, 0.29) is 11.0 Å². The number of rotatable bonds is 22. The zero-order chi connectivity index (χ0) is 28.5. The molecule has 0 atom stereocenters. The van der Waals surface area contributed by atoms with Crippen LogP contribution in [0.2, 0.25) is 0 Å². The third-order valence-electron chi connectivity index (χ3n) is 8.48. The molecule has 0 amide bonds. The SMILES string of the molecule is BrCCCCCCCCCCCBr.N#CC1CC1.[C-]#[N+]C1(CCCCCCCCCCCC2(C#N)CC2)CC1. The van der Waals surface area contributed by atoms with Crippen molar-refractivity contribution in [2.75, 3.05) is 10.7 Å².